The number of hydrogen-bond acceptors (Lipinski definition) is 7. The van der Waals surface area contributed by atoms with E-state index in [9.17, 15) is 18.0 Å². The van der Waals surface area contributed by atoms with Gasteiger partial charge in [-0.15, -0.1) is 0 Å². The minimum Gasteiger partial charge on any atom is -0.495 e. The topological polar surface area (TPSA) is 114 Å². The maximum atomic E-state index is 12.8. The molecule has 2 rings (SSSR count). The molecule has 0 aliphatic rings. The lowest BCUT2D eigenvalue weighted by Gasteiger charge is -2.19. The van der Waals surface area contributed by atoms with Crippen LogP contribution < -0.4 is 15.4 Å². The normalized spacial score (nSPS) is 11.4. The molecule has 0 saturated carbocycles. The number of benzene rings is 2. The molecule has 0 aliphatic carbocycles. The molecular formula is C23H31N3O6S. The molecule has 180 valence electrons. The maximum Gasteiger partial charge on any atom is 0.338 e. The number of nitrogens with zero attached hydrogens (tertiary/aromatic N) is 1. The highest BCUT2D eigenvalue weighted by Crippen LogP contribution is 2.29. The van der Waals surface area contributed by atoms with E-state index in [1.807, 2.05) is 0 Å². The molecule has 33 heavy (non-hydrogen) atoms. The fourth-order valence-corrected chi connectivity index (χ4v) is 4.53. The highest BCUT2D eigenvalue weighted by atomic mass is 32.2. The van der Waals surface area contributed by atoms with Gasteiger partial charge in [-0.3, -0.25) is 4.79 Å². The van der Waals surface area contributed by atoms with Gasteiger partial charge in [0.15, 0.2) is 0 Å². The first-order valence-electron chi connectivity index (χ1n) is 10.6. The van der Waals surface area contributed by atoms with Crippen molar-refractivity contribution in [1.82, 2.24) is 4.31 Å². The number of amides is 1. The number of carbonyl (C=O) groups excluding carboxylic acids is 2. The van der Waals surface area contributed by atoms with Crippen LogP contribution in [0.2, 0.25) is 0 Å². The first-order chi connectivity index (χ1) is 15.6. The van der Waals surface area contributed by atoms with Crippen molar-refractivity contribution in [2.45, 2.75) is 38.7 Å². The van der Waals surface area contributed by atoms with Gasteiger partial charge in [0.1, 0.15) is 5.75 Å². The van der Waals surface area contributed by atoms with Gasteiger partial charge in [-0.1, -0.05) is 13.8 Å². The van der Waals surface area contributed by atoms with Crippen LogP contribution in [0.25, 0.3) is 0 Å². The molecule has 0 radical (unpaired) electrons. The molecule has 0 aliphatic heterocycles. The third-order valence-electron chi connectivity index (χ3n) is 4.70. The summed E-state index contributed by atoms with van der Waals surface area (Å²) in [4.78, 5) is 24.5. The van der Waals surface area contributed by atoms with E-state index in [1.54, 1.807) is 52.0 Å². The zero-order valence-electron chi connectivity index (χ0n) is 19.5. The van der Waals surface area contributed by atoms with E-state index in [0.717, 1.165) is 0 Å². The second-order valence-electron chi connectivity index (χ2n) is 7.38. The molecule has 1 amide bonds. The lowest BCUT2D eigenvalue weighted by molar-refractivity contribution is -0.114. The summed E-state index contributed by atoms with van der Waals surface area (Å²) in [6.45, 7) is 7.67. The Morgan fingerprint density at radius 1 is 1.03 bits per heavy atom. The van der Waals surface area contributed by atoms with Crippen LogP contribution in [0.4, 0.5) is 11.4 Å². The Morgan fingerprint density at radius 2 is 1.67 bits per heavy atom. The van der Waals surface area contributed by atoms with Crippen molar-refractivity contribution in [3.05, 3.63) is 48.0 Å². The summed E-state index contributed by atoms with van der Waals surface area (Å²) in [5, 5.41) is 5.65. The van der Waals surface area contributed by atoms with Crippen LogP contribution >= 0.6 is 0 Å². The summed E-state index contributed by atoms with van der Waals surface area (Å²) < 4.78 is 37.4. The zero-order valence-corrected chi connectivity index (χ0v) is 20.4. The molecule has 0 spiro atoms. The van der Waals surface area contributed by atoms with Crippen molar-refractivity contribution in [3.63, 3.8) is 0 Å². The largest absolute Gasteiger partial charge is 0.495 e. The molecule has 9 nitrogen and oxygen atoms in total. The zero-order chi connectivity index (χ0) is 24.6. The van der Waals surface area contributed by atoms with E-state index in [2.05, 4.69) is 10.6 Å². The second kappa shape index (κ2) is 11.7. The minimum absolute atomic E-state index is 0.0686. The molecule has 2 N–H and O–H groups in total. The molecule has 0 atom stereocenters. The van der Waals surface area contributed by atoms with Gasteiger partial charge >= 0.3 is 5.97 Å². The van der Waals surface area contributed by atoms with Gasteiger partial charge in [0.2, 0.25) is 15.9 Å². The summed E-state index contributed by atoms with van der Waals surface area (Å²) >= 11 is 0. The van der Waals surface area contributed by atoms with Crippen LogP contribution in [-0.4, -0.2) is 57.4 Å². The van der Waals surface area contributed by atoms with Crippen molar-refractivity contribution in [2.24, 2.45) is 0 Å². The molecule has 0 bridgehead atoms. The summed E-state index contributed by atoms with van der Waals surface area (Å²) in [6, 6.07) is 10.9. The number of methoxy groups -OCH3 is 1. The Kier molecular flexibility index (Phi) is 9.24. The smallest absolute Gasteiger partial charge is 0.338 e. The van der Waals surface area contributed by atoms with E-state index in [0.29, 0.717) is 30.1 Å². The molecule has 0 saturated heterocycles. The summed E-state index contributed by atoms with van der Waals surface area (Å²) in [6.07, 6.45) is -0.212. The highest BCUT2D eigenvalue weighted by molar-refractivity contribution is 7.89. The number of anilines is 2. The fourth-order valence-electron chi connectivity index (χ4n) is 3.04. The van der Waals surface area contributed by atoms with Crippen LogP contribution in [0.5, 0.6) is 5.75 Å². The number of nitrogens with one attached hydrogen (secondary N) is 2. The van der Waals surface area contributed by atoms with Crippen molar-refractivity contribution >= 4 is 33.3 Å². The van der Waals surface area contributed by atoms with Gasteiger partial charge in [-0.05, 0) is 56.3 Å². The molecule has 0 heterocycles. The van der Waals surface area contributed by atoms with Crippen LogP contribution in [0.15, 0.2) is 47.4 Å². The maximum absolute atomic E-state index is 12.8. The quantitative estimate of drug-likeness (QED) is 0.477. The first-order valence-corrected chi connectivity index (χ1v) is 12.1. The van der Waals surface area contributed by atoms with E-state index >= 15 is 0 Å². The van der Waals surface area contributed by atoms with Gasteiger partial charge in [0.05, 0.1) is 35.9 Å². The average Bonchev–Trinajstić information content (AvgIpc) is 2.78. The molecule has 2 aromatic rings. The molecule has 10 heteroatoms. The average molecular weight is 478 g/mol. The monoisotopic (exact) mass is 477 g/mol. The van der Waals surface area contributed by atoms with Crippen LogP contribution in [0, 0.1) is 0 Å². The third-order valence-corrected chi connectivity index (χ3v) is 6.75. The van der Waals surface area contributed by atoms with Crippen molar-refractivity contribution in [1.29, 1.82) is 0 Å². The lowest BCUT2D eigenvalue weighted by Crippen LogP contribution is -2.30. The molecule has 2 aromatic carbocycles. The third kappa shape index (κ3) is 6.93. The van der Waals surface area contributed by atoms with Gasteiger partial charge in [0.25, 0.3) is 0 Å². The number of hydrogen-bond donors (Lipinski definition) is 2. The van der Waals surface area contributed by atoms with Crippen molar-refractivity contribution in [3.8, 4) is 5.75 Å². The van der Waals surface area contributed by atoms with Crippen LogP contribution in [0.1, 0.15) is 38.1 Å². The minimum atomic E-state index is -3.69. The second-order valence-corrected chi connectivity index (χ2v) is 9.32. The molecule has 0 aromatic heterocycles. The first kappa shape index (κ1) is 26.1. The predicted molar refractivity (Wildman–Crippen MR) is 127 cm³/mol. The van der Waals surface area contributed by atoms with Crippen molar-refractivity contribution < 1.29 is 27.5 Å². The van der Waals surface area contributed by atoms with E-state index in [-0.39, 0.29) is 23.2 Å². The summed E-state index contributed by atoms with van der Waals surface area (Å²) in [5.41, 5.74) is 1.30. The number of ether oxygens (including phenoxy) is 2. The lowest BCUT2D eigenvalue weighted by atomic mass is 10.2. The summed E-state index contributed by atoms with van der Waals surface area (Å²) in [5.74, 6) is -0.468. The number of rotatable bonds is 11. The molecular weight excluding hydrogens is 446 g/mol. The van der Waals surface area contributed by atoms with E-state index in [4.69, 9.17) is 9.47 Å². The molecule has 0 unspecified atom stereocenters. The molecule has 0 fully saturated rings. The Balaban J connectivity index is 2.08. The SMILES string of the molecule is CCN(CC)S(=O)(=O)c1ccc(OC)c(NC(=O)CNc2ccc(C(=O)OC(C)C)cc2)c1. The summed E-state index contributed by atoms with van der Waals surface area (Å²) in [7, 11) is -2.25. The Bertz CT molecular complexity index is 1060. The Hall–Kier alpha value is -3.11. The van der Waals surface area contributed by atoms with Gasteiger partial charge < -0.3 is 20.1 Å². The van der Waals surface area contributed by atoms with Gasteiger partial charge in [-0.2, -0.15) is 4.31 Å². The van der Waals surface area contributed by atoms with Crippen LogP contribution in [0.3, 0.4) is 0 Å². The highest BCUT2D eigenvalue weighted by Gasteiger charge is 2.23. The predicted octanol–water partition coefficient (Wildman–Crippen LogP) is 3.34. The number of sulfonamides is 1. The van der Waals surface area contributed by atoms with E-state index < -0.39 is 21.9 Å². The Morgan fingerprint density at radius 3 is 2.21 bits per heavy atom. The van der Waals surface area contributed by atoms with E-state index in [1.165, 1.54) is 29.6 Å². The van der Waals surface area contributed by atoms with Gasteiger partial charge in [0, 0.05) is 18.8 Å². The van der Waals surface area contributed by atoms with Crippen LogP contribution in [-0.2, 0) is 19.6 Å². The fraction of sp³-hybridized carbons (Fsp3) is 0.391. The Labute approximate surface area is 195 Å². The number of esters is 1. The number of carbonyl (C=O) groups is 2. The van der Waals surface area contributed by atoms with Crippen molar-refractivity contribution in [2.75, 3.05) is 37.4 Å². The standard InChI is InChI=1S/C23H31N3O6S/c1-6-26(7-2)33(29,30)19-12-13-21(31-5)20(14-19)25-22(27)15-24-18-10-8-17(9-11-18)23(28)32-16(3)4/h8-14,16,24H,6-7,15H2,1-5H3,(H,25,27). The van der Waals surface area contributed by atoms with Gasteiger partial charge in [-0.25, -0.2) is 13.2 Å².